The molecule has 21 heavy (non-hydrogen) atoms. The molecule has 1 aromatic carbocycles. The van der Waals surface area contributed by atoms with E-state index in [1.807, 2.05) is 0 Å². The van der Waals surface area contributed by atoms with Crippen LogP contribution >= 0.6 is 0 Å². The summed E-state index contributed by atoms with van der Waals surface area (Å²) in [5.41, 5.74) is 0.543. The van der Waals surface area contributed by atoms with Gasteiger partial charge in [-0.05, 0) is 43.7 Å². The molecule has 2 aromatic rings. The molecule has 1 aliphatic heterocycles. The van der Waals surface area contributed by atoms with Crippen LogP contribution < -0.4 is 10.1 Å². The first kappa shape index (κ1) is 13.9. The van der Waals surface area contributed by atoms with Crippen molar-refractivity contribution < 1.29 is 22.4 Å². The Balaban J connectivity index is 1.74. The number of rotatable bonds is 3. The number of alkyl halides is 3. The second kappa shape index (κ2) is 5.36. The summed E-state index contributed by atoms with van der Waals surface area (Å²) >= 11 is 0. The van der Waals surface area contributed by atoms with Gasteiger partial charge in [0.15, 0.2) is 5.82 Å². The number of halogens is 3. The minimum Gasteiger partial charge on any atom is -0.406 e. The van der Waals surface area contributed by atoms with Crippen molar-refractivity contribution in [2.24, 2.45) is 0 Å². The van der Waals surface area contributed by atoms with Gasteiger partial charge < -0.3 is 14.6 Å². The first-order chi connectivity index (χ1) is 10.0. The van der Waals surface area contributed by atoms with Crippen LogP contribution in [0.5, 0.6) is 5.75 Å². The van der Waals surface area contributed by atoms with Gasteiger partial charge in [0.05, 0.1) is 6.04 Å². The zero-order valence-electron chi connectivity index (χ0n) is 10.9. The Kier molecular flexibility index (Phi) is 3.54. The topological polar surface area (TPSA) is 60.2 Å². The molecule has 1 atom stereocenters. The summed E-state index contributed by atoms with van der Waals surface area (Å²) in [4.78, 5) is 4.26. The zero-order valence-corrected chi connectivity index (χ0v) is 10.9. The minimum absolute atomic E-state index is 0.0790. The van der Waals surface area contributed by atoms with Crippen molar-refractivity contribution in [3.8, 4) is 17.2 Å². The molecule has 0 saturated carbocycles. The molecule has 1 aromatic heterocycles. The fourth-order valence-corrected chi connectivity index (χ4v) is 2.20. The molecule has 1 N–H and O–H groups in total. The Morgan fingerprint density at radius 1 is 1.24 bits per heavy atom. The van der Waals surface area contributed by atoms with Crippen molar-refractivity contribution in [2.75, 3.05) is 6.54 Å². The number of hydrogen-bond acceptors (Lipinski definition) is 5. The van der Waals surface area contributed by atoms with Crippen LogP contribution in [0.1, 0.15) is 24.7 Å². The molecule has 2 heterocycles. The van der Waals surface area contributed by atoms with Gasteiger partial charge in [-0.3, -0.25) is 0 Å². The average Bonchev–Trinajstić information content (AvgIpc) is 3.09. The number of ether oxygens (including phenoxy) is 1. The first-order valence-electron chi connectivity index (χ1n) is 6.44. The average molecular weight is 299 g/mol. The molecule has 8 heteroatoms. The minimum atomic E-state index is -4.70. The Morgan fingerprint density at radius 3 is 2.62 bits per heavy atom. The van der Waals surface area contributed by atoms with Gasteiger partial charge in [0, 0.05) is 5.56 Å². The third-order valence-corrected chi connectivity index (χ3v) is 3.15. The van der Waals surface area contributed by atoms with Crippen molar-refractivity contribution in [3.05, 3.63) is 30.1 Å². The highest BCUT2D eigenvalue weighted by Gasteiger charge is 2.31. The smallest absolute Gasteiger partial charge is 0.406 e. The molecule has 3 rings (SSSR count). The van der Waals surface area contributed by atoms with Crippen LogP contribution in [-0.4, -0.2) is 23.0 Å². The molecule has 0 bridgehead atoms. The van der Waals surface area contributed by atoms with Crippen LogP contribution in [-0.2, 0) is 0 Å². The largest absolute Gasteiger partial charge is 0.573 e. The molecule has 1 unspecified atom stereocenters. The fourth-order valence-electron chi connectivity index (χ4n) is 2.20. The van der Waals surface area contributed by atoms with Crippen molar-refractivity contribution in [3.63, 3.8) is 0 Å². The Labute approximate surface area is 118 Å². The Hall–Kier alpha value is -2.09. The van der Waals surface area contributed by atoms with E-state index in [0.29, 0.717) is 11.4 Å². The maximum absolute atomic E-state index is 12.1. The summed E-state index contributed by atoms with van der Waals surface area (Å²) in [6.07, 6.45) is -2.71. The van der Waals surface area contributed by atoms with E-state index >= 15 is 0 Å². The highest BCUT2D eigenvalue weighted by molar-refractivity contribution is 5.54. The van der Waals surface area contributed by atoms with E-state index in [1.54, 1.807) is 0 Å². The monoisotopic (exact) mass is 299 g/mol. The number of benzene rings is 1. The predicted octanol–water partition coefficient (Wildman–Crippen LogP) is 3.06. The van der Waals surface area contributed by atoms with Crippen molar-refractivity contribution in [2.45, 2.75) is 25.2 Å². The number of nitrogens with zero attached hydrogens (tertiary/aromatic N) is 2. The summed E-state index contributed by atoms with van der Waals surface area (Å²) < 4.78 is 45.2. The van der Waals surface area contributed by atoms with E-state index in [1.165, 1.54) is 24.3 Å². The van der Waals surface area contributed by atoms with Crippen LogP contribution in [0.4, 0.5) is 13.2 Å². The summed E-state index contributed by atoms with van der Waals surface area (Å²) in [5, 5.41) is 7.14. The van der Waals surface area contributed by atoms with Gasteiger partial charge in [-0.2, -0.15) is 4.98 Å². The lowest BCUT2D eigenvalue weighted by atomic mass is 10.2. The third-order valence-electron chi connectivity index (χ3n) is 3.15. The molecular formula is C13H12F3N3O2. The van der Waals surface area contributed by atoms with E-state index in [2.05, 4.69) is 20.2 Å². The first-order valence-corrected chi connectivity index (χ1v) is 6.44. The molecule has 1 aliphatic rings. The van der Waals surface area contributed by atoms with Crippen molar-refractivity contribution >= 4 is 0 Å². The lowest BCUT2D eigenvalue weighted by molar-refractivity contribution is -0.274. The second-order valence-corrected chi connectivity index (χ2v) is 4.68. The lowest BCUT2D eigenvalue weighted by Crippen LogP contribution is -2.16. The third kappa shape index (κ3) is 3.33. The molecule has 0 amide bonds. The molecule has 0 spiro atoms. The van der Waals surface area contributed by atoms with Crippen LogP contribution in [0, 0.1) is 0 Å². The fraction of sp³-hybridized carbons (Fsp3) is 0.385. The van der Waals surface area contributed by atoms with Crippen LogP contribution in [0.2, 0.25) is 0 Å². The van der Waals surface area contributed by atoms with Gasteiger partial charge in [0.1, 0.15) is 5.75 Å². The maximum Gasteiger partial charge on any atom is 0.573 e. The van der Waals surface area contributed by atoms with E-state index in [-0.39, 0.29) is 17.7 Å². The number of nitrogens with one attached hydrogen (secondary N) is 1. The predicted molar refractivity (Wildman–Crippen MR) is 66.4 cm³/mol. The van der Waals surface area contributed by atoms with Gasteiger partial charge >= 0.3 is 6.36 Å². The van der Waals surface area contributed by atoms with E-state index in [4.69, 9.17) is 4.52 Å². The quantitative estimate of drug-likeness (QED) is 0.944. The number of hydrogen-bond donors (Lipinski definition) is 1. The Bertz CT molecular complexity index is 604. The van der Waals surface area contributed by atoms with Gasteiger partial charge in [-0.15, -0.1) is 13.2 Å². The Morgan fingerprint density at radius 2 is 2.00 bits per heavy atom. The highest BCUT2D eigenvalue weighted by atomic mass is 19.4. The summed E-state index contributed by atoms with van der Waals surface area (Å²) in [6.45, 7) is 0.915. The SMILES string of the molecule is FC(F)(F)Oc1ccc(-c2nc(C3CCCN3)no2)cc1. The summed E-state index contributed by atoms with van der Waals surface area (Å²) in [5.74, 6) is 0.554. The van der Waals surface area contributed by atoms with Crippen molar-refractivity contribution in [1.82, 2.24) is 15.5 Å². The van der Waals surface area contributed by atoms with Gasteiger partial charge in [-0.25, -0.2) is 0 Å². The summed E-state index contributed by atoms with van der Waals surface area (Å²) in [6, 6.07) is 5.39. The van der Waals surface area contributed by atoms with Crippen LogP contribution in [0.25, 0.3) is 11.5 Å². The lowest BCUT2D eigenvalue weighted by Gasteiger charge is -2.08. The van der Waals surface area contributed by atoms with Crippen LogP contribution in [0.3, 0.4) is 0 Å². The van der Waals surface area contributed by atoms with Crippen molar-refractivity contribution in [1.29, 1.82) is 0 Å². The van der Waals surface area contributed by atoms with Gasteiger partial charge in [-0.1, -0.05) is 5.16 Å². The van der Waals surface area contributed by atoms with Gasteiger partial charge in [0.2, 0.25) is 0 Å². The highest BCUT2D eigenvalue weighted by Crippen LogP contribution is 2.27. The summed E-state index contributed by atoms with van der Waals surface area (Å²) in [7, 11) is 0. The molecule has 1 fully saturated rings. The number of aromatic nitrogens is 2. The molecule has 0 radical (unpaired) electrons. The normalized spacial score (nSPS) is 18.9. The standard InChI is InChI=1S/C13H12F3N3O2/c14-13(15,16)20-9-5-3-8(4-6-9)12-18-11(19-21-12)10-2-1-7-17-10/h3-6,10,17H,1-2,7H2. The molecule has 0 aliphatic carbocycles. The van der Waals surface area contributed by atoms with E-state index in [9.17, 15) is 13.2 Å². The molecular weight excluding hydrogens is 287 g/mol. The van der Waals surface area contributed by atoms with E-state index < -0.39 is 6.36 Å². The van der Waals surface area contributed by atoms with Gasteiger partial charge in [0.25, 0.3) is 5.89 Å². The van der Waals surface area contributed by atoms with Crippen LogP contribution in [0.15, 0.2) is 28.8 Å². The van der Waals surface area contributed by atoms with E-state index in [0.717, 1.165) is 19.4 Å². The zero-order chi connectivity index (χ0) is 14.9. The maximum atomic E-state index is 12.1. The molecule has 5 nitrogen and oxygen atoms in total. The molecule has 112 valence electrons. The second-order valence-electron chi connectivity index (χ2n) is 4.68. The molecule has 1 saturated heterocycles.